The zero-order valence-corrected chi connectivity index (χ0v) is 10.2. The number of H-pyrrole nitrogens is 1. The Balaban J connectivity index is 2.33. The van der Waals surface area contributed by atoms with Crippen LogP contribution in [-0.4, -0.2) is 15.9 Å². The number of benzene rings is 1. The van der Waals surface area contributed by atoms with Crippen LogP contribution >= 0.6 is 15.9 Å². The van der Waals surface area contributed by atoms with Gasteiger partial charge in [0.15, 0.2) is 0 Å². The summed E-state index contributed by atoms with van der Waals surface area (Å²) in [6, 6.07) is 6.18. The highest BCUT2D eigenvalue weighted by molar-refractivity contribution is 9.10. The summed E-state index contributed by atoms with van der Waals surface area (Å²) in [5.74, 6) is 0. The van der Waals surface area contributed by atoms with E-state index in [4.69, 9.17) is 5.21 Å². The minimum absolute atomic E-state index is 0.772. The van der Waals surface area contributed by atoms with Crippen molar-refractivity contribution in [1.29, 1.82) is 0 Å². The second kappa shape index (κ2) is 3.63. The number of halogens is 1. The maximum atomic E-state index is 8.98. The van der Waals surface area contributed by atoms with Gasteiger partial charge in [0.05, 0.1) is 5.69 Å². The fraction of sp³-hybridized carbons (Fsp3) is 0.250. The number of nitrogens with one attached hydrogen (secondary N) is 1. The Morgan fingerprint density at radius 3 is 3.00 bits per heavy atom. The number of fused-ring (bicyclic) bond motifs is 3. The molecule has 3 rings (SSSR count). The lowest BCUT2D eigenvalue weighted by Gasteiger charge is -2.12. The van der Waals surface area contributed by atoms with E-state index < -0.39 is 0 Å². The summed E-state index contributed by atoms with van der Waals surface area (Å²) in [4.78, 5) is 3.33. The van der Waals surface area contributed by atoms with Gasteiger partial charge in [-0.15, -0.1) is 0 Å². The van der Waals surface area contributed by atoms with E-state index in [1.165, 1.54) is 10.9 Å². The van der Waals surface area contributed by atoms with Gasteiger partial charge >= 0.3 is 0 Å². The van der Waals surface area contributed by atoms with Crippen molar-refractivity contribution < 1.29 is 5.21 Å². The molecule has 0 saturated carbocycles. The number of rotatable bonds is 0. The molecule has 0 fully saturated rings. The van der Waals surface area contributed by atoms with Gasteiger partial charge in [-0.25, -0.2) is 0 Å². The van der Waals surface area contributed by atoms with Crippen molar-refractivity contribution in [3.63, 3.8) is 0 Å². The summed E-state index contributed by atoms with van der Waals surface area (Å²) in [7, 11) is 0. The molecular weight excluding hydrogens is 268 g/mol. The van der Waals surface area contributed by atoms with Crippen LogP contribution in [-0.2, 0) is 6.42 Å². The topological polar surface area (TPSA) is 48.4 Å². The van der Waals surface area contributed by atoms with Crippen molar-refractivity contribution >= 4 is 32.5 Å². The third kappa shape index (κ3) is 1.37. The van der Waals surface area contributed by atoms with Crippen LogP contribution in [0, 0.1) is 0 Å². The molecule has 0 atom stereocenters. The summed E-state index contributed by atoms with van der Waals surface area (Å²) in [5.41, 5.74) is 4.15. The summed E-state index contributed by atoms with van der Waals surface area (Å²) in [6.07, 6.45) is 2.94. The monoisotopic (exact) mass is 278 g/mol. The zero-order chi connectivity index (χ0) is 11.1. The molecule has 3 nitrogen and oxygen atoms in total. The first kappa shape index (κ1) is 9.90. The summed E-state index contributed by atoms with van der Waals surface area (Å²) in [5, 5.41) is 13.6. The average molecular weight is 279 g/mol. The molecule has 1 aliphatic carbocycles. The lowest BCUT2D eigenvalue weighted by molar-refractivity contribution is 0.317. The van der Waals surface area contributed by atoms with Gasteiger partial charge in [0.1, 0.15) is 5.71 Å². The number of nitrogens with zero attached hydrogens (tertiary/aromatic N) is 1. The quantitative estimate of drug-likeness (QED) is 0.563. The van der Waals surface area contributed by atoms with Crippen LogP contribution in [0.25, 0.3) is 10.9 Å². The standard InChI is InChI=1S/C12H11BrN2O/c13-7-4-5-10-9(6-7)8-2-1-3-11(15-16)12(8)14-10/h4-6,14,16H,1-3H2/b15-11+. The van der Waals surface area contributed by atoms with Crippen LogP contribution in [0.2, 0.25) is 0 Å². The molecule has 16 heavy (non-hydrogen) atoms. The average Bonchev–Trinajstić information content (AvgIpc) is 2.67. The Hall–Kier alpha value is -1.29. The van der Waals surface area contributed by atoms with Crippen LogP contribution in [0.3, 0.4) is 0 Å². The molecule has 2 aromatic rings. The molecule has 1 aliphatic rings. The van der Waals surface area contributed by atoms with E-state index in [1.54, 1.807) is 0 Å². The minimum atomic E-state index is 0.772. The molecule has 2 N–H and O–H groups in total. The lowest BCUT2D eigenvalue weighted by atomic mass is 9.94. The number of hydrogen-bond acceptors (Lipinski definition) is 2. The molecule has 4 heteroatoms. The van der Waals surface area contributed by atoms with Crippen LogP contribution < -0.4 is 0 Å². The second-order valence-corrected chi connectivity index (χ2v) is 4.98. The van der Waals surface area contributed by atoms with Crippen molar-refractivity contribution in [2.45, 2.75) is 19.3 Å². The number of hydrogen-bond donors (Lipinski definition) is 2. The second-order valence-electron chi connectivity index (χ2n) is 4.07. The van der Waals surface area contributed by atoms with Crippen molar-refractivity contribution in [1.82, 2.24) is 4.98 Å². The van der Waals surface area contributed by atoms with Gasteiger partial charge < -0.3 is 10.2 Å². The van der Waals surface area contributed by atoms with Crippen molar-refractivity contribution in [3.05, 3.63) is 33.9 Å². The Morgan fingerprint density at radius 2 is 2.19 bits per heavy atom. The largest absolute Gasteiger partial charge is 0.411 e. The van der Waals surface area contributed by atoms with Gasteiger partial charge in [0, 0.05) is 15.4 Å². The van der Waals surface area contributed by atoms with E-state index in [-0.39, 0.29) is 0 Å². The number of aryl methyl sites for hydroxylation is 1. The molecule has 0 spiro atoms. The first-order valence-electron chi connectivity index (χ1n) is 5.31. The molecule has 82 valence electrons. The molecule has 0 radical (unpaired) electrons. The van der Waals surface area contributed by atoms with Crippen molar-refractivity contribution in [2.75, 3.05) is 0 Å². The van der Waals surface area contributed by atoms with Crippen LogP contribution in [0.5, 0.6) is 0 Å². The maximum absolute atomic E-state index is 8.98. The van der Waals surface area contributed by atoms with Crippen molar-refractivity contribution in [2.24, 2.45) is 5.16 Å². The maximum Gasteiger partial charge on any atom is 0.103 e. The fourth-order valence-corrected chi connectivity index (χ4v) is 2.74. The minimum Gasteiger partial charge on any atom is -0.411 e. The van der Waals surface area contributed by atoms with E-state index in [2.05, 4.69) is 32.1 Å². The van der Waals surface area contributed by atoms with Gasteiger partial charge in [-0.3, -0.25) is 0 Å². The van der Waals surface area contributed by atoms with Crippen molar-refractivity contribution in [3.8, 4) is 0 Å². The SMILES string of the molecule is O/N=C1\CCCc2c1[nH]c1ccc(Br)cc21. The predicted octanol–water partition coefficient (Wildman–Crippen LogP) is 3.45. The highest BCUT2D eigenvalue weighted by Crippen LogP contribution is 2.31. The van der Waals surface area contributed by atoms with Gasteiger partial charge in [-0.1, -0.05) is 21.1 Å². The first-order chi connectivity index (χ1) is 7.79. The fourth-order valence-electron chi connectivity index (χ4n) is 2.38. The Bertz CT molecular complexity index is 586. The molecule has 0 amide bonds. The predicted molar refractivity (Wildman–Crippen MR) is 67.3 cm³/mol. The number of aromatic nitrogens is 1. The molecule has 0 unspecified atom stereocenters. The molecular formula is C12H11BrN2O. The van der Waals surface area contributed by atoms with Crippen LogP contribution in [0.1, 0.15) is 24.1 Å². The molecule has 1 aromatic heterocycles. The van der Waals surface area contributed by atoms with Gasteiger partial charge in [-0.05, 0) is 43.0 Å². The summed E-state index contributed by atoms with van der Waals surface area (Å²) < 4.78 is 1.08. The van der Waals surface area contributed by atoms with E-state index in [0.29, 0.717) is 0 Å². The molecule has 1 heterocycles. The Morgan fingerprint density at radius 1 is 1.31 bits per heavy atom. The summed E-state index contributed by atoms with van der Waals surface area (Å²) in [6.45, 7) is 0. The highest BCUT2D eigenvalue weighted by atomic mass is 79.9. The zero-order valence-electron chi connectivity index (χ0n) is 8.63. The highest BCUT2D eigenvalue weighted by Gasteiger charge is 2.20. The lowest BCUT2D eigenvalue weighted by Crippen LogP contribution is -2.10. The summed E-state index contributed by atoms with van der Waals surface area (Å²) >= 11 is 3.48. The van der Waals surface area contributed by atoms with E-state index in [0.717, 1.165) is 40.7 Å². The third-order valence-corrected chi connectivity index (χ3v) is 3.61. The molecule has 1 aromatic carbocycles. The molecule has 0 saturated heterocycles. The van der Waals surface area contributed by atoms with E-state index in [1.807, 2.05) is 12.1 Å². The Labute approximate surface area is 101 Å². The van der Waals surface area contributed by atoms with Crippen LogP contribution in [0.4, 0.5) is 0 Å². The first-order valence-corrected chi connectivity index (χ1v) is 6.10. The molecule has 0 aliphatic heterocycles. The van der Waals surface area contributed by atoms with Crippen LogP contribution in [0.15, 0.2) is 27.8 Å². The van der Waals surface area contributed by atoms with Gasteiger partial charge in [-0.2, -0.15) is 0 Å². The normalized spacial score (nSPS) is 17.9. The Kier molecular flexibility index (Phi) is 2.24. The van der Waals surface area contributed by atoms with E-state index >= 15 is 0 Å². The smallest absolute Gasteiger partial charge is 0.103 e. The molecule has 0 bridgehead atoms. The number of aromatic amines is 1. The number of oxime groups is 1. The van der Waals surface area contributed by atoms with E-state index in [9.17, 15) is 0 Å². The third-order valence-electron chi connectivity index (χ3n) is 3.12. The van der Waals surface area contributed by atoms with Gasteiger partial charge in [0.2, 0.25) is 0 Å². The van der Waals surface area contributed by atoms with Gasteiger partial charge in [0.25, 0.3) is 0 Å².